The van der Waals surface area contributed by atoms with E-state index < -0.39 is 16.1 Å². The van der Waals surface area contributed by atoms with Gasteiger partial charge in [0.05, 0.1) is 51.0 Å². The lowest BCUT2D eigenvalue weighted by atomic mass is 10.2. The van der Waals surface area contributed by atoms with Crippen LogP contribution in [0.3, 0.4) is 0 Å². The summed E-state index contributed by atoms with van der Waals surface area (Å²) in [6.07, 6.45) is 0.414. The Labute approximate surface area is 182 Å². The summed E-state index contributed by atoms with van der Waals surface area (Å²) in [5.74, 6) is -1.29. The van der Waals surface area contributed by atoms with Crippen LogP contribution in [0.15, 0.2) is 29.2 Å². The summed E-state index contributed by atoms with van der Waals surface area (Å²) in [5, 5.41) is 11.1. The van der Waals surface area contributed by atoms with E-state index in [1.807, 2.05) is 6.92 Å². The van der Waals surface area contributed by atoms with E-state index in [4.69, 9.17) is 23.5 Å². The molecule has 1 rings (SSSR count). The molecule has 0 aliphatic rings. The van der Waals surface area contributed by atoms with E-state index in [-0.39, 0.29) is 36.9 Å². The number of ether oxygens (including phenoxy) is 3. The van der Waals surface area contributed by atoms with Gasteiger partial charge in [0.2, 0.25) is 5.91 Å². The van der Waals surface area contributed by atoms with Crippen LogP contribution in [0.5, 0.6) is 0 Å². The van der Waals surface area contributed by atoms with Crippen LogP contribution in [0.2, 0.25) is 0 Å². The Balaban J connectivity index is 1.89. The highest BCUT2D eigenvalue weighted by atomic mass is 32.2. The fourth-order valence-corrected chi connectivity index (χ4v) is 3.12. The highest BCUT2D eigenvalue weighted by Gasteiger charge is 2.14. The first-order valence-electron chi connectivity index (χ1n) is 9.99. The Morgan fingerprint density at radius 1 is 0.871 bits per heavy atom. The van der Waals surface area contributed by atoms with Gasteiger partial charge >= 0.3 is 5.97 Å². The summed E-state index contributed by atoms with van der Waals surface area (Å²) < 4.78 is 44.8. The maximum atomic E-state index is 12.0. The van der Waals surface area contributed by atoms with Gasteiger partial charge in [0.15, 0.2) is 0 Å². The average molecular weight is 462 g/mol. The van der Waals surface area contributed by atoms with E-state index in [1.54, 1.807) is 12.1 Å². The number of carbonyl (C=O) groups excluding carboxylic acids is 1. The van der Waals surface area contributed by atoms with Crippen molar-refractivity contribution in [2.75, 3.05) is 52.8 Å². The van der Waals surface area contributed by atoms with Crippen molar-refractivity contribution < 1.29 is 41.5 Å². The zero-order chi connectivity index (χ0) is 23.0. The first-order chi connectivity index (χ1) is 14.8. The number of aryl methyl sites for hydroxylation is 1. The van der Waals surface area contributed by atoms with Crippen molar-refractivity contribution in [1.29, 1.82) is 0 Å². The third kappa shape index (κ3) is 13.8. The molecule has 11 heteroatoms. The zero-order valence-corrected chi connectivity index (χ0v) is 18.5. The molecule has 0 saturated heterocycles. The van der Waals surface area contributed by atoms with Crippen LogP contribution in [-0.4, -0.2) is 78.2 Å². The van der Waals surface area contributed by atoms with E-state index in [1.165, 1.54) is 12.1 Å². The van der Waals surface area contributed by atoms with Crippen LogP contribution in [0, 0.1) is 6.92 Å². The van der Waals surface area contributed by atoms with Crippen molar-refractivity contribution in [2.24, 2.45) is 0 Å². The molecule has 0 aliphatic heterocycles. The number of hydrogen-bond donors (Lipinski definition) is 2. The molecule has 0 aromatic heterocycles. The molecule has 0 fully saturated rings. The smallest absolute Gasteiger partial charge is 0.303 e. The molecule has 1 aromatic carbocycles. The fraction of sp³-hybridized carbons (Fsp3) is 0.600. The molecular weight excluding hydrogens is 430 g/mol. The fourth-order valence-electron chi connectivity index (χ4n) is 2.23. The first kappa shape index (κ1) is 27.0. The number of nitrogens with one attached hydrogen (secondary N) is 1. The number of carboxylic acid groups (broad SMARTS) is 1. The summed E-state index contributed by atoms with van der Waals surface area (Å²) in [5.41, 5.74) is 0.964. The highest BCUT2D eigenvalue weighted by molar-refractivity contribution is 7.86. The average Bonchev–Trinajstić information content (AvgIpc) is 2.72. The number of carbonyl (C=O) groups is 2. The lowest BCUT2D eigenvalue weighted by Crippen LogP contribution is -2.25. The van der Waals surface area contributed by atoms with Gasteiger partial charge in [-0.25, -0.2) is 0 Å². The number of hydrogen-bond acceptors (Lipinski definition) is 8. The second-order valence-electron chi connectivity index (χ2n) is 6.52. The van der Waals surface area contributed by atoms with E-state index in [0.29, 0.717) is 46.0 Å². The van der Waals surface area contributed by atoms with E-state index in [9.17, 15) is 18.0 Å². The molecule has 1 amide bonds. The van der Waals surface area contributed by atoms with Gasteiger partial charge in [0.25, 0.3) is 10.1 Å². The van der Waals surface area contributed by atoms with E-state index in [2.05, 4.69) is 5.32 Å². The van der Waals surface area contributed by atoms with Gasteiger partial charge in [0, 0.05) is 19.6 Å². The Hall–Kier alpha value is -2.05. The van der Waals surface area contributed by atoms with Crippen LogP contribution in [-0.2, 0) is 38.1 Å². The molecule has 0 bridgehead atoms. The van der Waals surface area contributed by atoms with Gasteiger partial charge in [-0.3, -0.25) is 13.8 Å². The minimum atomic E-state index is -3.78. The Morgan fingerprint density at radius 2 is 1.42 bits per heavy atom. The van der Waals surface area contributed by atoms with Crippen LogP contribution in [0.4, 0.5) is 0 Å². The molecule has 0 aliphatic carbocycles. The number of carboxylic acids is 1. The van der Waals surface area contributed by atoms with Gasteiger partial charge < -0.3 is 24.6 Å². The number of benzene rings is 1. The molecule has 10 nitrogen and oxygen atoms in total. The Kier molecular flexibility index (Phi) is 13.7. The molecule has 176 valence electrons. The summed E-state index contributed by atoms with van der Waals surface area (Å²) in [7, 11) is -3.78. The summed E-state index contributed by atoms with van der Waals surface area (Å²) in [4.78, 5) is 21.7. The molecule has 31 heavy (non-hydrogen) atoms. The quantitative estimate of drug-likeness (QED) is 0.243. The molecule has 2 N–H and O–H groups in total. The second-order valence-corrected chi connectivity index (χ2v) is 8.14. The van der Waals surface area contributed by atoms with Crippen LogP contribution in [0.1, 0.15) is 24.8 Å². The minimum absolute atomic E-state index is 0.0270. The molecule has 0 spiro atoms. The molecule has 0 radical (unpaired) electrons. The van der Waals surface area contributed by atoms with Crippen LogP contribution >= 0.6 is 0 Å². The van der Waals surface area contributed by atoms with Gasteiger partial charge in [0.1, 0.15) is 0 Å². The predicted molar refractivity (Wildman–Crippen MR) is 111 cm³/mol. The Bertz CT molecular complexity index is 750. The van der Waals surface area contributed by atoms with Gasteiger partial charge in [-0.2, -0.15) is 8.42 Å². The van der Waals surface area contributed by atoms with Crippen LogP contribution < -0.4 is 5.32 Å². The molecule has 0 heterocycles. The summed E-state index contributed by atoms with van der Waals surface area (Å²) >= 11 is 0. The highest BCUT2D eigenvalue weighted by Crippen LogP contribution is 2.12. The zero-order valence-electron chi connectivity index (χ0n) is 17.7. The molecule has 0 saturated carbocycles. The largest absolute Gasteiger partial charge is 0.481 e. The molecule has 1 aromatic rings. The first-order valence-corrected chi connectivity index (χ1v) is 11.4. The standard InChI is InChI=1S/C20H31NO9S/c1-17-3-5-18(6-4-17)31(25,26)30-16-15-29-14-13-28-12-11-27-10-2-9-21-19(22)7-8-20(23)24/h3-6H,2,7-16H2,1H3,(H,21,22)(H,23,24). The van der Waals surface area contributed by atoms with Crippen molar-refractivity contribution in [1.82, 2.24) is 5.32 Å². The van der Waals surface area contributed by atoms with Crippen molar-refractivity contribution in [3.63, 3.8) is 0 Å². The van der Waals surface area contributed by atoms with Crippen LogP contribution in [0.25, 0.3) is 0 Å². The van der Waals surface area contributed by atoms with Crippen molar-refractivity contribution in [3.8, 4) is 0 Å². The molecular formula is C20H31NO9S. The topological polar surface area (TPSA) is 137 Å². The van der Waals surface area contributed by atoms with E-state index >= 15 is 0 Å². The summed E-state index contributed by atoms with van der Waals surface area (Å²) in [6, 6.07) is 6.41. The molecule has 0 atom stereocenters. The normalized spacial score (nSPS) is 11.4. The lowest BCUT2D eigenvalue weighted by Gasteiger charge is -2.08. The Morgan fingerprint density at radius 3 is 2.00 bits per heavy atom. The third-order valence-corrected chi connectivity index (χ3v) is 5.20. The molecule has 0 unspecified atom stereocenters. The monoisotopic (exact) mass is 461 g/mol. The predicted octanol–water partition coefficient (Wildman–Crippen LogP) is 1.12. The maximum absolute atomic E-state index is 12.0. The summed E-state index contributed by atoms with van der Waals surface area (Å²) in [6.45, 7) is 4.22. The van der Waals surface area contributed by atoms with Crippen molar-refractivity contribution in [2.45, 2.75) is 31.1 Å². The van der Waals surface area contributed by atoms with Crippen molar-refractivity contribution in [3.05, 3.63) is 29.8 Å². The number of rotatable bonds is 18. The SMILES string of the molecule is Cc1ccc(S(=O)(=O)OCCOCCOCCOCCCNC(=O)CCC(=O)O)cc1. The van der Waals surface area contributed by atoms with Crippen molar-refractivity contribution >= 4 is 22.0 Å². The minimum Gasteiger partial charge on any atom is -0.481 e. The number of aliphatic carboxylic acids is 1. The second kappa shape index (κ2) is 15.7. The maximum Gasteiger partial charge on any atom is 0.303 e. The van der Waals surface area contributed by atoms with Gasteiger partial charge in [-0.1, -0.05) is 17.7 Å². The lowest BCUT2D eigenvalue weighted by molar-refractivity contribution is -0.138. The van der Waals surface area contributed by atoms with Gasteiger partial charge in [-0.05, 0) is 25.5 Å². The van der Waals surface area contributed by atoms with E-state index in [0.717, 1.165) is 5.56 Å². The number of amides is 1. The van der Waals surface area contributed by atoms with Gasteiger partial charge in [-0.15, -0.1) is 0 Å². The third-order valence-electron chi connectivity index (χ3n) is 3.87.